The Hall–Kier alpha value is -3.28. The predicted molar refractivity (Wildman–Crippen MR) is 157 cm³/mol. The molecule has 5 rings (SSSR count). The van der Waals surface area contributed by atoms with Gasteiger partial charge < -0.3 is 14.4 Å². The monoisotopic (exact) mass is 611 g/mol. The van der Waals surface area contributed by atoms with Crippen molar-refractivity contribution in [2.24, 2.45) is 0 Å². The van der Waals surface area contributed by atoms with E-state index in [0.29, 0.717) is 60.4 Å². The molecule has 8 nitrogen and oxygen atoms in total. The molecule has 0 aliphatic carbocycles. The molecule has 0 amide bonds. The molecule has 0 saturated carbocycles. The van der Waals surface area contributed by atoms with Gasteiger partial charge in [0.25, 0.3) is 0 Å². The summed E-state index contributed by atoms with van der Waals surface area (Å²) < 4.78 is 54.0. The summed E-state index contributed by atoms with van der Waals surface area (Å²) in [6.45, 7) is 0.272. The summed E-state index contributed by atoms with van der Waals surface area (Å²) in [7, 11) is -4.19. The van der Waals surface area contributed by atoms with Gasteiger partial charge >= 0.3 is 29.6 Å². The molecule has 218 valence electrons. The van der Waals surface area contributed by atoms with Crippen LogP contribution in [-0.4, -0.2) is 44.8 Å². The molecule has 2 heterocycles. The van der Waals surface area contributed by atoms with Crippen LogP contribution in [0.15, 0.2) is 85.1 Å². The zero-order chi connectivity index (χ0) is 29.5. The van der Waals surface area contributed by atoms with Crippen molar-refractivity contribution < 1.29 is 56.8 Å². The Labute approximate surface area is 272 Å². The summed E-state index contributed by atoms with van der Waals surface area (Å²) in [5.41, 5.74) is 4.97. The first kappa shape index (κ1) is 32.6. The maximum atomic E-state index is 14.8. The summed E-state index contributed by atoms with van der Waals surface area (Å²) in [4.78, 5) is 9.63. The largest absolute Gasteiger partial charge is 1.00 e. The van der Waals surface area contributed by atoms with Gasteiger partial charge in [-0.1, -0.05) is 79.6 Å². The van der Waals surface area contributed by atoms with Crippen molar-refractivity contribution >= 4 is 15.8 Å². The van der Waals surface area contributed by atoms with E-state index in [2.05, 4.69) is 0 Å². The van der Waals surface area contributed by atoms with E-state index in [4.69, 9.17) is 14.7 Å². The minimum atomic E-state index is -4.19. The van der Waals surface area contributed by atoms with Gasteiger partial charge in [-0.3, -0.25) is 4.40 Å². The van der Waals surface area contributed by atoms with Crippen LogP contribution in [0.1, 0.15) is 48.2 Å². The van der Waals surface area contributed by atoms with Crippen molar-refractivity contribution in [2.45, 2.75) is 38.5 Å². The number of fused-ring (bicyclic) bond motifs is 1. The number of ether oxygens (including phenoxy) is 1. The summed E-state index contributed by atoms with van der Waals surface area (Å²) >= 11 is 0. The fourth-order valence-corrected chi connectivity index (χ4v) is 5.36. The van der Waals surface area contributed by atoms with E-state index in [1.54, 1.807) is 22.7 Å². The molecule has 0 aliphatic rings. The maximum Gasteiger partial charge on any atom is 1.00 e. The average molecular weight is 612 g/mol. The second kappa shape index (κ2) is 14.9. The number of halogens is 1. The third-order valence-electron chi connectivity index (χ3n) is 6.92. The quantitative estimate of drug-likeness (QED) is 0.124. The van der Waals surface area contributed by atoms with Gasteiger partial charge in [0, 0.05) is 30.4 Å². The third-order valence-corrected chi connectivity index (χ3v) is 7.71. The molecule has 0 bridgehead atoms. The molecule has 0 saturated heterocycles. The first-order valence-corrected chi connectivity index (χ1v) is 15.4. The van der Waals surface area contributed by atoms with Crippen LogP contribution in [-0.2, 0) is 23.0 Å². The molecule has 1 N–H and O–H groups in total. The summed E-state index contributed by atoms with van der Waals surface area (Å²) in [5, 5.41) is 11.2. The standard InChI is InChI=1S/C32H32FN3O5S.Na/c33-26-19-24(15-16-30(26)41-17-9-1-2-10-18-42(38,39)40)21-28-32(37)36-22-29(25-13-7-4-8-14-25)34-27(31(36)35-28)20-23-11-5-3-6-12-23;/h3-8,11-16,19,22,37H,1-2,9-10,17-18,20-21H2,(H,38,39,40);/q;+1/p-1. The average Bonchev–Trinajstić information content (AvgIpc) is 3.29. The minimum Gasteiger partial charge on any atom is -0.748 e. The summed E-state index contributed by atoms with van der Waals surface area (Å²) in [6, 6.07) is 24.3. The summed E-state index contributed by atoms with van der Waals surface area (Å²) in [5.74, 6) is -0.803. The number of aromatic hydroxyl groups is 1. The minimum absolute atomic E-state index is 0. The number of nitrogens with zero attached hydrogens (tertiary/aromatic N) is 3. The van der Waals surface area contributed by atoms with Crippen LogP contribution >= 0.6 is 0 Å². The number of hydrogen-bond acceptors (Lipinski definition) is 7. The van der Waals surface area contributed by atoms with Gasteiger partial charge in [-0.05, 0) is 36.1 Å². The Kier molecular flexibility index (Phi) is 11.3. The fraction of sp³-hybridized carbons (Fsp3) is 0.250. The number of aromatic nitrogens is 3. The Morgan fingerprint density at radius 1 is 0.837 bits per heavy atom. The Balaban J connectivity index is 0.00000423. The Morgan fingerprint density at radius 2 is 1.51 bits per heavy atom. The van der Waals surface area contributed by atoms with E-state index in [-0.39, 0.29) is 60.0 Å². The second-order valence-electron chi connectivity index (χ2n) is 10.1. The van der Waals surface area contributed by atoms with Gasteiger partial charge in [0.05, 0.1) is 28.1 Å². The molecule has 2 aromatic heterocycles. The maximum absolute atomic E-state index is 14.8. The Morgan fingerprint density at radius 3 is 2.21 bits per heavy atom. The number of rotatable bonds is 13. The number of benzene rings is 3. The van der Waals surface area contributed by atoms with Gasteiger partial charge in [0.15, 0.2) is 17.2 Å². The van der Waals surface area contributed by atoms with E-state index in [9.17, 15) is 22.5 Å². The van der Waals surface area contributed by atoms with Crippen molar-refractivity contribution in [3.8, 4) is 22.9 Å². The summed E-state index contributed by atoms with van der Waals surface area (Å²) in [6.07, 6.45) is 4.68. The van der Waals surface area contributed by atoms with Gasteiger partial charge in [0.1, 0.15) is 5.69 Å². The van der Waals surface area contributed by atoms with Crippen molar-refractivity contribution in [2.75, 3.05) is 12.4 Å². The molecule has 0 fully saturated rings. The zero-order valence-corrected chi connectivity index (χ0v) is 26.8. The van der Waals surface area contributed by atoms with Crippen LogP contribution in [0.3, 0.4) is 0 Å². The smallest absolute Gasteiger partial charge is 0.748 e. The third kappa shape index (κ3) is 8.87. The SMILES string of the molecule is O=S(=O)([O-])CCCCCCOc1ccc(Cc2nc3c(Cc4ccccc4)nc(-c4ccccc4)cn3c2O)cc1F.[Na+]. The van der Waals surface area contributed by atoms with Crippen molar-refractivity contribution in [3.63, 3.8) is 0 Å². The first-order valence-electron chi connectivity index (χ1n) is 13.8. The van der Waals surface area contributed by atoms with Crippen LogP contribution in [0.2, 0.25) is 0 Å². The second-order valence-corrected chi connectivity index (χ2v) is 11.7. The van der Waals surface area contributed by atoms with Gasteiger partial charge in [-0.25, -0.2) is 22.8 Å². The predicted octanol–water partition coefficient (Wildman–Crippen LogP) is 2.91. The first-order chi connectivity index (χ1) is 20.3. The van der Waals surface area contributed by atoms with Crippen LogP contribution in [0, 0.1) is 5.82 Å². The van der Waals surface area contributed by atoms with Crippen LogP contribution < -0.4 is 34.3 Å². The fourth-order valence-electron chi connectivity index (χ4n) is 4.80. The number of unbranched alkanes of at least 4 members (excludes halogenated alkanes) is 3. The molecule has 5 aromatic rings. The van der Waals surface area contributed by atoms with E-state index in [0.717, 1.165) is 11.1 Å². The van der Waals surface area contributed by atoms with Gasteiger partial charge in [0.2, 0.25) is 5.88 Å². The van der Waals surface area contributed by atoms with Gasteiger partial charge in [-0.2, -0.15) is 0 Å². The molecule has 0 radical (unpaired) electrons. The molecular weight excluding hydrogens is 580 g/mol. The molecular formula is C32H31FN3NaO5S. The Bertz CT molecular complexity index is 1770. The van der Waals surface area contributed by atoms with Crippen molar-refractivity contribution in [1.29, 1.82) is 0 Å². The molecule has 11 heteroatoms. The van der Waals surface area contributed by atoms with Crippen LogP contribution in [0.5, 0.6) is 11.6 Å². The zero-order valence-electron chi connectivity index (χ0n) is 23.9. The van der Waals surface area contributed by atoms with E-state index < -0.39 is 15.9 Å². The number of imidazole rings is 1. The molecule has 3 aromatic carbocycles. The normalized spacial score (nSPS) is 11.4. The van der Waals surface area contributed by atoms with E-state index >= 15 is 0 Å². The molecule has 43 heavy (non-hydrogen) atoms. The number of hydrogen-bond donors (Lipinski definition) is 1. The van der Waals surface area contributed by atoms with E-state index in [1.165, 1.54) is 6.07 Å². The van der Waals surface area contributed by atoms with Gasteiger partial charge in [-0.15, -0.1) is 0 Å². The van der Waals surface area contributed by atoms with Crippen molar-refractivity contribution in [1.82, 2.24) is 14.4 Å². The molecule has 0 atom stereocenters. The van der Waals surface area contributed by atoms with Crippen LogP contribution in [0.25, 0.3) is 16.9 Å². The molecule has 0 unspecified atom stereocenters. The van der Waals surface area contributed by atoms with Crippen LogP contribution in [0.4, 0.5) is 4.39 Å². The molecule has 0 spiro atoms. The molecule has 0 aliphatic heterocycles. The van der Waals surface area contributed by atoms with Crippen molar-refractivity contribution in [3.05, 3.63) is 113 Å². The van der Waals surface area contributed by atoms with E-state index in [1.807, 2.05) is 60.7 Å². The topological polar surface area (TPSA) is 117 Å².